The Morgan fingerprint density at radius 2 is 1.52 bits per heavy atom. The molecule has 0 aliphatic carbocycles. The van der Waals surface area contributed by atoms with Crippen LogP contribution >= 0.6 is 0 Å². The van der Waals surface area contributed by atoms with Crippen LogP contribution < -0.4 is 0 Å². The number of carbonyl (C=O) groups excluding carboxylic acids is 1. The molecule has 0 saturated heterocycles. The van der Waals surface area contributed by atoms with Crippen molar-refractivity contribution in [1.29, 1.82) is 0 Å². The van der Waals surface area contributed by atoms with Crippen molar-refractivity contribution in [3.05, 3.63) is 71.3 Å². The van der Waals surface area contributed by atoms with Crippen molar-refractivity contribution in [3.63, 3.8) is 0 Å². The van der Waals surface area contributed by atoms with Crippen molar-refractivity contribution in [2.45, 2.75) is 45.4 Å². The predicted octanol–water partition coefficient (Wildman–Crippen LogP) is 5.14. The summed E-state index contributed by atoms with van der Waals surface area (Å²) < 4.78 is 0. The topological polar surface area (TPSA) is 17.1 Å². The van der Waals surface area contributed by atoms with E-state index in [1.807, 2.05) is 30.3 Å². The first-order chi connectivity index (χ1) is 10.2. The number of rotatable bonds is 7. The van der Waals surface area contributed by atoms with Gasteiger partial charge >= 0.3 is 0 Å². The molecule has 0 amide bonds. The SMILES string of the molecule is CCCCCc1ccc(C(C(C)=O)c2ccccc2)cc1. The normalized spacial score (nSPS) is 12.1. The summed E-state index contributed by atoms with van der Waals surface area (Å²) in [5, 5.41) is 0. The van der Waals surface area contributed by atoms with Gasteiger partial charge in [-0.25, -0.2) is 0 Å². The van der Waals surface area contributed by atoms with E-state index in [0.29, 0.717) is 0 Å². The number of benzene rings is 2. The third-order valence-corrected chi connectivity index (χ3v) is 3.92. The molecular weight excluding hydrogens is 256 g/mol. The fourth-order valence-corrected chi connectivity index (χ4v) is 2.76. The summed E-state index contributed by atoms with van der Waals surface area (Å²) in [6, 6.07) is 18.6. The Hall–Kier alpha value is -1.89. The van der Waals surface area contributed by atoms with E-state index >= 15 is 0 Å². The number of ketones is 1. The summed E-state index contributed by atoms with van der Waals surface area (Å²) >= 11 is 0. The zero-order valence-electron chi connectivity index (χ0n) is 13.0. The summed E-state index contributed by atoms with van der Waals surface area (Å²) in [5.74, 6) is 0.0517. The summed E-state index contributed by atoms with van der Waals surface area (Å²) in [4.78, 5) is 12.0. The number of unbranched alkanes of at least 4 members (excludes halogenated alkanes) is 2. The summed E-state index contributed by atoms with van der Waals surface area (Å²) in [6.45, 7) is 3.90. The van der Waals surface area contributed by atoms with Gasteiger partial charge in [-0.2, -0.15) is 0 Å². The Kier molecular flexibility index (Phi) is 5.74. The molecule has 0 saturated carbocycles. The Bertz CT molecular complexity index is 554. The first-order valence-electron chi connectivity index (χ1n) is 7.86. The molecule has 1 nitrogen and oxygen atoms in total. The van der Waals surface area contributed by atoms with Gasteiger partial charge in [0.05, 0.1) is 5.92 Å². The number of hydrogen-bond donors (Lipinski definition) is 0. The Balaban J connectivity index is 2.16. The van der Waals surface area contributed by atoms with Gasteiger partial charge in [-0.05, 0) is 36.5 Å². The van der Waals surface area contributed by atoms with Crippen LogP contribution in [-0.4, -0.2) is 5.78 Å². The molecule has 0 radical (unpaired) electrons. The second-order valence-corrected chi connectivity index (χ2v) is 5.65. The molecule has 0 aliphatic rings. The van der Waals surface area contributed by atoms with Crippen molar-refractivity contribution in [2.75, 3.05) is 0 Å². The van der Waals surface area contributed by atoms with Gasteiger partial charge in [0.2, 0.25) is 0 Å². The molecule has 1 heteroatoms. The standard InChI is InChI=1S/C20H24O/c1-3-4-6-9-17-12-14-19(15-13-17)20(16(2)21)18-10-7-5-8-11-18/h5,7-8,10-15,20H,3-4,6,9H2,1-2H3. The van der Waals surface area contributed by atoms with Gasteiger partial charge in [0.25, 0.3) is 0 Å². The second-order valence-electron chi connectivity index (χ2n) is 5.65. The van der Waals surface area contributed by atoms with Gasteiger partial charge in [-0.3, -0.25) is 4.79 Å². The lowest BCUT2D eigenvalue weighted by molar-refractivity contribution is -0.117. The van der Waals surface area contributed by atoms with E-state index in [2.05, 4.69) is 31.2 Å². The molecule has 110 valence electrons. The highest BCUT2D eigenvalue weighted by atomic mass is 16.1. The molecule has 0 heterocycles. The van der Waals surface area contributed by atoms with Crippen molar-refractivity contribution in [2.24, 2.45) is 0 Å². The van der Waals surface area contributed by atoms with E-state index in [-0.39, 0.29) is 11.7 Å². The molecule has 0 aliphatic heterocycles. The molecule has 0 aromatic heterocycles. The zero-order chi connectivity index (χ0) is 15.1. The van der Waals surface area contributed by atoms with E-state index in [1.165, 1.54) is 24.8 Å². The minimum Gasteiger partial charge on any atom is -0.299 e. The first kappa shape index (κ1) is 15.5. The molecule has 2 aromatic carbocycles. The van der Waals surface area contributed by atoms with Crippen LogP contribution in [-0.2, 0) is 11.2 Å². The molecule has 0 fully saturated rings. The molecule has 2 rings (SSSR count). The van der Waals surface area contributed by atoms with Crippen molar-refractivity contribution < 1.29 is 4.79 Å². The minimum absolute atomic E-state index is 0.143. The smallest absolute Gasteiger partial charge is 0.141 e. The lowest BCUT2D eigenvalue weighted by Crippen LogP contribution is -2.10. The molecule has 1 unspecified atom stereocenters. The van der Waals surface area contributed by atoms with Crippen molar-refractivity contribution >= 4 is 5.78 Å². The molecule has 0 spiro atoms. The van der Waals surface area contributed by atoms with E-state index in [4.69, 9.17) is 0 Å². The first-order valence-corrected chi connectivity index (χ1v) is 7.86. The van der Waals surface area contributed by atoms with E-state index in [9.17, 15) is 4.79 Å². The molecule has 21 heavy (non-hydrogen) atoms. The summed E-state index contributed by atoms with van der Waals surface area (Å²) in [7, 11) is 0. The predicted molar refractivity (Wildman–Crippen MR) is 88.6 cm³/mol. The third-order valence-electron chi connectivity index (χ3n) is 3.92. The fraction of sp³-hybridized carbons (Fsp3) is 0.350. The number of carbonyl (C=O) groups is 1. The lowest BCUT2D eigenvalue weighted by atomic mass is 9.87. The minimum atomic E-state index is -0.143. The largest absolute Gasteiger partial charge is 0.299 e. The quantitative estimate of drug-likeness (QED) is 0.642. The molecule has 0 N–H and O–H groups in total. The average Bonchev–Trinajstić information content (AvgIpc) is 2.50. The molecular formula is C20H24O. The maximum atomic E-state index is 12.0. The zero-order valence-corrected chi connectivity index (χ0v) is 13.0. The number of hydrogen-bond acceptors (Lipinski definition) is 1. The Morgan fingerprint density at radius 1 is 0.905 bits per heavy atom. The maximum Gasteiger partial charge on any atom is 0.141 e. The Morgan fingerprint density at radius 3 is 2.10 bits per heavy atom. The van der Waals surface area contributed by atoms with E-state index < -0.39 is 0 Å². The highest BCUT2D eigenvalue weighted by Gasteiger charge is 2.18. The molecule has 2 aromatic rings. The lowest BCUT2D eigenvalue weighted by Gasteiger charge is -2.15. The molecule has 0 bridgehead atoms. The second kappa shape index (κ2) is 7.78. The monoisotopic (exact) mass is 280 g/mol. The maximum absolute atomic E-state index is 12.0. The number of Topliss-reactive ketones (excluding diaryl/α,β-unsaturated/α-hetero) is 1. The third kappa shape index (κ3) is 4.29. The van der Waals surface area contributed by atoms with Gasteiger partial charge in [-0.1, -0.05) is 74.4 Å². The van der Waals surface area contributed by atoms with E-state index in [0.717, 1.165) is 17.5 Å². The van der Waals surface area contributed by atoms with Crippen LogP contribution in [0.2, 0.25) is 0 Å². The van der Waals surface area contributed by atoms with Crippen LogP contribution in [0.1, 0.15) is 55.7 Å². The summed E-state index contributed by atoms with van der Waals surface area (Å²) in [5.41, 5.74) is 3.53. The summed E-state index contributed by atoms with van der Waals surface area (Å²) in [6.07, 6.45) is 4.90. The van der Waals surface area contributed by atoms with Crippen LogP contribution in [0.15, 0.2) is 54.6 Å². The van der Waals surface area contributed by atoms with Crippen molar-refractivity contribution in [1.82, 2.24) is 0 Å². The van der Waals surface area contributed by atoms with Gasteiger partial charge < -0.3 is 0 Å². The Labute approximate surface area is 128 Å². The van der Waals surface area contributed by atoms with Crippen LogP contribution in [0.25, 0.3) is 0 Å². The fourth-order valence-electron chi connectivity index (χ4n) is 2.76. The van der Waals surface area contributed by atoms with Gasteiger partial charge in [0.1, 0.15) is 5.78 Å². The van der Waals surface area contributed by atoms with Gasteiger partial charge in [-0.15, -0.1) is 0 Å². The molecule has 1 atom stereocenters. The highest BCUT2D eigenvalue weighted by Crippen LogP contribution is 2.26. The number of aryl methyl sites for hydroxylation is 1. The van der Waals surface area contributed by atoms with Crippen molar-refractivity contribution in [3.8, 4) is 0 Å². The van der Waals surface area contributed by atoms with Crippen LogP contribution in [0.4, 0.5) is 0 Å². The van der Waals surface area contributed by atoms with Crippen LogP contribution in [0.5, 0.6) is 0 Å². The highest BCUT2D eigenvalue weighted by molar-refractivity contribution is 5.86. The average molecular weight is 280 g/mol. The van der Waals surface area contributed by atoms with Crippen LogP contribution in [0.3, 0.4) is 0 Å². The van der Waals surface area contributed by atoms with Gasteiger partial charge in [0.15, 0.2) is 0 Å². The van der Waals surface area contributed by atoms with Gasteiger partial charge in [0, 0.05) is 0 Å². The van der Waals surface area contributed by atoms with E-state index in [1.54, 1.807) is 6.92 Å². The van der Waals surface area contributed by atoms with Crippen LogP contribution in [0, 0.1) is 0 Å².